The minimum absolute atomic E-state index is 0.0299. The second-order valence-electron chi connectivity index (χ2n) is 9.14. The average molecular weight is 430 g/mol. The summed E-state index contributed by atoms with van der Waals surface area (Å²) in [4.78, 5) is 10.1. The van der Waals surface area contributed by atoms with Gasteiger partial charge in [-0.2, -0.15) is 0 Å². The van der Waals surface area contributed by atoms with Gasteiger partial charge in [0, 0.05) is 51.0 Å². The van der Waals surface area contributed by atoms with Crippen LogP contribution in [-0.2, 0) is 4.74 Å². The van der Waals surface area contributed by atoms with E-state index < -0.39 is 0 Å². The van der Waals surface area contributed by atoms with E-state index in [1.807, 2.05) is 0 Å². The van der Waals surface area contributed by atoms with E-state index in [9.17, 15) is 0 Å². The number of hydrogen-bond acceptors (Lipinski definition) is 4. The Hall–Kier alpha value is -1.63. The molecule has 1 aromatic rings. The van der Waals surface area contributed by atoms with Crippen LogP contribution in [0.5, 0.6) is 0 Å². The Morgan fingerprint density at radius 3 is 2.68 bits per heavy atom. The van der Waals surface area contributed by atoms with Crippen molar-refractivity contribution in [3.63, 3.8) is 0 Å². The molecule has 0 amide bonds. The number of ether oxygens (including phenoxy) is 1. The van der Waals surface area contributed by atoms with Crippen molar-refractivity contribution in [1.82, 2.24) is 20.4 Å². The predicted octanol–water partition coefficient (Wildman–Crippen LogP) is 3.27. The first-order chi connectivity index (χ1) is 15.1. The smallest absolute Gasteiger partial charge is 0.193 e. The summed E-state index contributed by atoms with van der Waals surface area (Å²) >= 11 is 0. The number of hydrogen-bond donors (Lipinski definition) is 2. The largest absolute Gasteiger partial charge is 0.381 e. The number of likely N-dealkylation sites (N-methyl/N-ethyl adjacent to an activating group) is 2. The lowest BCUT2D eigenvalue weighted by molar-refractivity contribution is 0.0373. The van der Waals surface area contributed by atoms with E-state index in [-0.39, 0.29) is 11.6 Å². The van der Waals surface area contributed by atoms with Crippen LogP contribution in [0, 0.1) is 0 Å². The van der Waals surface area contributed by atoms with Crippen molar-refractivity contribution >= 4 is 5.96 Å². The first kappa shape index (κ1) is 24.0. The van der Waals surface area contributed by atoms with E-state index in [0.29, 0.717) is 6.04 Å². The fourth-order valence-corrected chi connectivity index (χ4v) is 5.01. The Morgan fingerprint density at radius 2 is 2.00 bits per heavy atom. The highest BCUT2D eigenvalue weighted by Crippen LogP contribution is 2.26. The lowest BCUT2D eigenvalue weighted by Crippen LogP contribution is -2.53. The standard InChI is InChI=1S/C25H43N5O/c1-5-26-24(29(4)19-23-13-10-16-30(23)6-2)27-20-25(14-17-31-18-15-25)28-21(3)22-11-8-7-9-12-22/h7-9,11-12,21,23,28H,5-6,10,13-20H2,1-4H3,(H,26,27). The van der Waals surface area contributed by atoms with Crippen LogP contribution in [0.15, 0.2) is 35.3 Å². The predicted molar refractivity (Wildman–Crippen MR) is 130 cm³/mol. The molecule has 0 aromatic heterocycles. The molecular weight excluding hydrogens is 386 g/mol. The van der Waals surface area contributed by atoms with Crippen LogP contribution in [0.2, 0.25) is 0 Å². The highest BCUT2D eigenvalue weighted by Gasteiger charge is 2.34. The maximum atomic E-state index is 5.71. The molecule has 0 radical (unpaired) electrons. The monoisotopic (exact) mass is 429 g/mol. The number of guanidine groups is 1. The lowest BCUT2D eigenvalue weighted by Gasteiger charge is -2.40. The number of rotatable bonds is 9. The molecule has 2 unspecified atom stereocenters. The van der Waals surface area contributed by atoms with Gasteiger partial charge in [0.15, 0.2) is 5.96 Å². The van der Waals surface area contributed by atoms with Gasteiger partial charge in [-0.25, -0.2) is 0 Å². The SMILES string of the molecule is CCNC(=NCC1(NC(C)c2ccccc2)CCOCC1)N(C)CC1CCCN1CC. The second-order valence-corrected chi connectivity index (χ2v) is 9.14. The molecule has 2 heterocycles. The molecule has 2 aliphatic rings. The number of nitrogens with one attached hydrogen (secondary N) is 2. The first-order valence-electron chi connectivity index (χ1n) is 12.2. The van der Waals surface area contributed by atoms with Gasteiger partial charge in [-0.1, -0.05) is 37.3 Å². The van der Waals surface area contributed by atoms with Crippen molar-refractivity contribution < 1.29 is 4.74 Å². The van der Waals surface area contributed by atoms with Crippen molar-refractivity contribution in [2.24, 2.45) is 4.99 Å². The van der Waals surface area contributed by atoms with E-state index in [2.05, 4.69) is 78.6 Å². The molecular formula is C25H43N5O. The van der Waals surface area contributed by atoms with Crippen molar-refractivity contribution in [3.8, 4) is 0 Å². The quantitative estimate of drug-likeness (QED) is 0.466. The third-order valence-corrected chi connectivity index (χ3v) is 6.89. The van der Waals surface area contributed by atoms with Gasteiger partial charge in [-0.3, -0.25) is 9.89 Å². The van der Waals surface area contributed by atoms with Gasteiger partial charge in [0.05, 0.1) is 6.54 Å². The molecule has 174 valence electrons. The molecule has 6 heteroatoms. The number of nitrogens with zero attached hydrogens (tertiary/aromatic N) is 3. The van der Waals surface area contributed by atoms with Crippen molar-refractivity contribution in [3.05, 3.63) is 35.9 Å². The molecule has 2 N–H and O–H groups in total. The van der Waals surface area contributed by atoms with Crippen molar-refractivity contribution in [2.75, 3.05) is 53.0 Å². The average Bonchev–Trinajstić information content (AvgIpc) is 3.24. The van der Waals surface area contributed by atoms with Crippen LogP contribution in [0.1, 0.15) is 58.1 Å². The lowest BCUT2D eigenvalue weighted by atomic mass is 9.88. The third-order valence-electron chi connectivity index (χ3n) is 6.89. The normalized spacial score (nSPS) is 23.0. The highest BCUT2D eigenvalue weighted by atomic mass is 16.5. The van der Waals surface area contributed by atoms with E-state index in [1.54, 1.807) is 0 Å². The van der Waals surface area contributed by atoms with E-state index >= 15 is 0 Å². The van der Waals surface area contributed by atoms with E-state index in [1.165, 1.54) is 24.9 Å². The van der Waals surface area contributed by atoms with Gasteiger partial charge in [0.2, 0.25) is 0 Å². The van der Waals surface area contributed by atoms with Crippen molar-refractivity contribution in [1.29, 1.82) is 0 Å². The van der Waals surface area contributed by atoms with Crippen LogP contribution in [0.25, 0.3) is 0 Å². The summed E-state index contributed by atoms with van der Waals surface area (Å²) in [5, 5.41) is 7.46. The molecule has 1 aromatic carbocycles. The molecule has 0 bridgehead atoms. The van der Waals surface area contributed by atoms with Gasteiger partial charge in [0.1, 0.15) is 0 Å². The van der Waals surface area contributed by atoms with Gasteiger partial charge >= 0.3 is 0 Å². The summed E-state index contributed by atoms with van der Waals surface area (Å²) in [7, 11) is 2.18. The Bertz CT molecular complexity index is 674. The van der Waals surface area contributed by atoms with Crippen LogP contribution in [-0.4, -0.2) is 80.3 Å². The van der Waals surface area contributed by atoms with Gasteiger partial charge in [0.25, 0.3) is 0 Å². The van der Waals surface area contributed by atoms with Crippen LogP contribution >= 0.6 is 0 Å². The summed E-state index contributed by atoms with van der Waals surface area (Å²) in [5.41, 5.74) is 1.29. The van der Waals surface area contributed by atoms with E-state index in [0.717, 1.165) is 58.2 Å². The molecule has 0 saturated carbocycles. The summed E-state index contributed by atoms with van der Waals surface area (Å²) in [6.45, 7) is 13.3. The maximum Gasteiger partial charge on any atom is 0.193 e. The zero-order valence-electron chi connectivity index (χ0n) is 20.1. The Balaban J connectivity index is 1.70. The zero-order chi connectivity index (χ0) is 22.1. The Labute approximate surface area is 189 Å². The minimum Gasteiger partial charge on any atom is -0.381 e. The van der Waals surface area contributed by atoms with Crippen LogP contribution in [0.3, 0.4) is 0 Å². The van der Waals surface area contributed by atoms with Crippen LogP contribution in [0.4, 0.5) is 0 Å². The number of benzene rings is 1. The van der Waals surface area contributed by atoms with Gasteiger partial charge in [-0.05, 0) is 58.2 Å². The molecule has 2 atom stereocenters. The molecule has 2 aliphatic heterocycles. The second kappa shape index (κ2) is 11.8. The topological polar surface area (TPSA) is 52.1 Å². The zero-order valence-corrected chi connectivity index (χ0v) is 20.1. The molecule has 2 fully saturated rings. The molecule has 0 spiro atoms. The molecule has 0 aliphatic carbocycles. The Morgan fingerprint density at radius 1 is 1.26 bits per heavy atom. The Kier molecular flexibility index (Phi) is 9.17. The molecule has 3 rings (SSSR count). The maximum absolute atomic E-state index is 5.71. The summed E-state index contributed by atoms with van der Waals surface area (Å²) in [6.07, 6.45) is 4.57. The van der Waals surface area contributed by atoms with Gasteiger partial charge < -0.3 is 20.3 Å². The summed E-state index contributed by atoms with van der Waals surface area (Å²) in [6, 6.07) is 11.6. The number of aliphatic imine (C=N–C) groups is 1. The first-order valence-corrected chi connectivity index (χ1v) is 12.2. The summed E-state index contributed by atoms with van der Waals surface area (Å²) < 4.78 is 5.71. The molecule has 2 saturated heterocycles. The molecule has 31 heavy (non-hydrogen) atoms. The minimum atomic E-state index is -0.0299. The fourth-order valence-electron chi connectivity index (χ4n) is 5.01. The van der Waals surface area contributed by atoms with Crippen LogP contribution < -0.4 is 10.6 Å². The van der Waals surface area contributed by atoms with E-state index in [4.69, 9.17) is 9.73 Å². The third kappa shape index (κ3) is 6.67. The fraction of sp³-hybridized carbons (Fsp3) is 0.720. The highest BCUT2D eigenvalue weighted by molar-refractivity contribution is 5.79. The number of likely N-dealkylation sites (tertiary alicyclic amines) is 1. The summed E-state index contributed by atoms with van der Waals surface area (Å²) in [5.74, 6) is 1.02. The molecule has 6 nitrogen and oxygen atoms in total. The van der Waals surface area contributed by atoms with Crippen molar-refractivity contribution in [2.45, 2.75) is 64.1 Å². The van der Waals surface area contributed by atoms with Gasteiger partial charge in [-0.15, -0.1) is 0 Å².